The largest absolute Gasteiger partial charge is 0.481 e. The van der Waals surface area contributed by atoms with Gasteiger partial charge in [-0.2, -0.15) is 23.1 Å². The molecular formula is C10H12F3N3O4. The van der Waals surface area contributed by atoms with E-state index in [-0.39, 0.29) is 11.8 Å². The number of alkyl halides is 3. The lowest BCUT2D eigenvalue weighted by molar-refractivity contribution is -0.136. The Morgan fingerprint density at radius 3 is 2.15 bits per heavy atom. The van der Waals surface area contributed by atoms with Crippen molar-refractivity contribution in [1.82, 2.24) is 9.97 Å². The summed E-state index contributed by atoms with van der Waals surface area (Å²) in [6.45, 7) is -2.41. The molecule has 0 radical (unpaired) electrons. The third-order valence-electron chi connectivity index (χ3n) is 2.06. The number of hydrogen-bond donors (Lipinski definition) is 1. The van der Waals surface area contributed by atoms with Gasteiger partial charge in [0.25, 0.3) is 0 Å². The molecule has 0 unspecified atom stereocenters. The minimum atomic E-state index is -4.60. The second kappa shape index (κ2) is 6.26. The zero-order chi connectivity index (χ0) is 15.3. The monoisotopic (exact) mass is 295 g/mol. The number of carboxylic acids is 1. The van der Waals surface area contributed by atoms with Gasteiger partial charge in [0.2, 0.25) is 17.7 Å². The van der Waals surface area contributed by atoms with Gasteiger partial charge in [-0.25, -0.2) is 0 Å². The summed E-state index contributed by atoms with van der Waals surface area (Å²) >= 11 is 0. The quantitative estimate of drug-likeness (QED) is 0.836. The minimum absolute atomic E-state index is 0.0376. The van der Waals surface area contributed by atoms with E-state index >= 15 is 0 Å². The first-order valence-corrected chi connectivity index (χ1v) is 5.25. The van der Waals surface area contributed by atoms with Crippen LogP contribution < -0.4 is 14.4 Å². The van der Waals surface area contributed by atoms with E-state index in [2.05, 4.69) is 9.97 Å². The number of nitrogens with zero attached hydrogens (tertiary/aromatic N) is 3. The molecule has 1 heterocycles. The average Bonchev–Trinajstić information content (AvgIpc) is 2.35. The van der Waals surface area contributed by atoms with Crippen LogP contribution in [0, 0.1) is 0 Å². The molecule has 20 heavy (non-hydrogen) atoms. The third kappa shape index (κ3) is 4.78. The molecule has 0 fully saturated rings. The van der Waals surface area contributed by atoms with E-state index in [1.165, 1.54) is 20.3 Å². The normalized spacial score (nSPS) is 11.1. The molecule has 1 N–H and O–H groups in total. The van der Waals surface area contributed by atoms with Gasteiger partial charge in [-0.05, 0) is 0 Å². The molecule has 0 aliphatic carbocycles. The van der Waals surface area contributed by atoms with Crippen molar-refractivity contribution in [3.8, 4) is 11.8 Å². The Labute approximate surface area is 111 Å². The number of halogens is 3. The number of carbonyl (C=O) groups is 1. The molecule has 0 bridgehead atoms. The van der Waals surface area contributed by atoms with Crippen LogP contribution in [-0.2, 0) is 4.79 Å². The lowest BCUT2D eigenvalue weighted by Gasteiger charge is -2.22. The van der Waals surface area contributed by atoms with E-state index in [0.29, 0.717) is 4.90 Å². The highest BCUT2D eigenvalue weighted by molar-refractivity contribution is 5.72. The molecule has 10 heteroatoms. The first-order chi connectivity index (χ1) is 9.25. The summed E-state index contributed by atoms with van der Waals surface area (Å²) in [5, 5.41) is 8.67. The van der Waals surface area contributed by atoms with E-state index in [4.69, 9.17) is 14.6 Å². The summed E-state index contributed by atoms with van der Waals surface area (Å²) in [5.41, 5.74) is 0. The Bertz CT molecular complexity index is 459. The molecule has 1 aromatic rings. The van der Waals surface area contributed by atoms with Crippen LogP contribution in [0.2, 0.25) is 0 Å². The van der Waals surface area contributed by atoms with Crippen LogP contribution in [0.1, 0.15) is 0 Å². The molecule has 1 aromatic heterocycles. The molecule has 0 saturated heterocycles. The fourth-order valence-corrected chi connectivity index (χ4v) is 1.32. The van der Waals surface area contributed by atoms with Gasteiger partial charge in [-0.1, -0.05) is 0 Å². The van der Waals surface area contributed by atoms with Gasteiger partial charge in [0.05, 0.1) is 20.3 Å². The van der Waals surface area contributed by atoms with Crippen molar-refractivity contribution in [1.29, 1.82) is 0 Å². The number of methoxy groups -OCH3 is 2. The Morgan fingerprint density at radius 2 is 1.80 bits per heavy atom. The summed E-state index contributed by atoms with van der Waals surface area (Å²) < 4.78 is 47.0. The number of ether oxygens (including phenoxy) is 2. The van der Waals surface area contributed by atoms with Gasteiger partial charge in [-0.3, -0.25) is 4.79 Å². The second-order valence-electron chi connectivity index (χ2n) is 3.62. The second-order valence-corrected chi connectivity index (χ2v) is 3.62. The molecular weight excluding hydrogens is 283 g/mol. The first kappa shape index (κ1) is 15.8. The van der Waals surface area contributed by atoms with E-state index in [1.807, 2.05) is 0 Å². The lowest BCUT2D eigenvalue weighted by Crippen LogP contribution is -2.39. The molecule has 7 nitrogen and oxygen atoms in total. The van der Waals surface area contributed by atoms with E-state index < -0.39 is 31.2 Å². The Balaban J connectivity index is 3.14. The summed E-state index contributed by atoms with van der Waals surface area (Å²) in [4.78, 5) is 18.5. The molecule has 0 saturated carbocycles. The number of aromatic nitrogens is 2. The molecule has 1 rings (SSSR count). The van der Waals surface area contributed by atoms with Gasteiger partial charge in [0.1, 0.15) is 13.1 Å². The zero-order valence-corrected chi connectivity index (χ0v) is 10.6. The van der Waals surface area contributed by atoms with Crippen molar-refractivity contribution in [2.24, 2.45) is 0 Å². The number of carboxylic acid groups (broad SMARTS) is 1. The summed E-state index contributed by atoms with van der Waals surface area (Å²) in [5.74, 6) is -1.96. The molecule has 0 spiro atoms. The van der Waals surface area contributed by atoms with Crippen molar-refractivity contribution in [2.45, 2.75) is 6.18 Å². The van der Waals surface area contributed by atoms with Crippen LogP contribution in [0.4, 0.5) is 19.1 Å². The predicted molar refractivity (Wildman–Crippen MR) is 61.0 cm³/mol. The van der Waals surface area contributed by atoms with Crippen LogP contribution in [0.5, 0.6) is 11.8 Å². The summed E-state index contributed by atoms with van der Waals surface area (Å²) in [7, 11) is 2.52. The van der Waals surface area contributed by atoms with Crippen molar-refractivity contribution >= 4 is 11.9 Å². The average molecular weight is 295 g/mol. The predicted octanol–water partition coefficient (Wildman–Crippen LogP) is 0.947. The Hall–Kier alpha value is -2.26. The molecule has 0 aliphatic rings. The number of hydrogen-bond acceptors (Lipinski definition) is 6. The topological polar surface area (TPSA) is 84.8 Å². The molecule has 0 amide bonds. The molecule has 0 atom stereocenters. The molecule has 0 aromatic carbocycles. The summed E-state index contributed by atoms with van der Waals surface area (Å²) in [6, 6.07) is 1.26. The number of rotatable bonds is 6. The van der Waals surface area contributed by atoms with Crippen molar-refractivity contribution in [2.75, 3.05) is 32.2 Å². The third-order valence-corrected chi connectivity index (χ3v) is 2.06. The van der Waals surface area contributed by atoms with E-state index in [9.17, 15) is 18.0 Å². The zero-order valence-electron chi connectivity index (χ0n) is 10.6. The fourth-order valence-electron chi connectivity index (χ4n) is 1.32. The maximum Gasteiger partial charge on any atom is 0.406 e. The Kier molecular flexibility index (Phi) is 4.94. The summed E-state index contributed by atoms with van der Waals surface area (Å²) in [6.07, 6.45) is -4.60. The SMILES string of the molecule is COc1cc(OC)nc(N(CC(=O)O)CC(F)(F)F)n1. The van der Waals surface area contributed by atoms with Gasteiger partial charge in [0, 0.05) is 0 Å². The van der Waals surface area contributed by atoms with Gasteiger partial charge in [0.15, 0.2) is 0 Å². The molecule has 112 valence electrons. The Morgan fingerprint density at radius 1 is 1.30 bits per heavy atom. The smallest absolute Gasteiger partial charge is 0.406 e. The highest BCUT2D eigenvalue weighted by Gasteiger charge is 2.33. The van der Waals surface area contributed by atoms with Crippen LogP contribution in [0.3, 0.4) is 0 Å². The first-order valence-electron chi connectivity index (χ1n) is 5.25. The lowest BCUT2D eigenvalue weighted by atomic mass is 10.4. The van der Waals surface area contributed by atoms with Gasteiger partial charge >= 0.3 is 12.1 Å². The highest BCUT2D eigenvalue weighted by atomic mass is 19.4. The number of aliphatic carboxylic acids is 1. The minimum Gasteiger partial charge on any atom is -0.481 e. The van der Waals surface area contributed by atoms with Crippen LogP contribution in [0.25, 0.3) is 0 Å². The van der Waals surface area contributed by atoms with Gasteiger partial charge < -0.3 is 19.5 Å². The van der Waals surface area contributed by atoms with Crippen LogP contribution in [-0.4, -0.2) is 54.5 Å². The number of anilines is 1. The standard InChI is InChI=1S/C10H12F3N3O4/c1-19-6-3-7(20-2)15-9(14-6)16(4-8(17)18)5-10(11,12)13/h3H,4-5H2,1-2H3,(H,17,18). The fraction of sp³-hybridized carbons (Fsp3) is 0.500. The van der Waals surface area contributed by atoms with Crippen LogP contribution >= 0.6 is 0 Å². The van der Waals surface area contributed by atoms with Crippen molar-refractivity contribution in [3.05, 3.63) is 6.07 Å². The maximum atomic E-state index is 12.5. The van der Waals surface area contributed by atoms with E-state index in [0.717, 1.165) is 0 Å². The maximum absolute atomic E-state index is 12.5. The van der Waals surface area contributed by atoms with Crippen LogP contribution in [0.15, 0.2) is 6.07 Å². The van der Waals surface area contributed by atoms with Gasteiger partial charge in [-0.15, -0.1) is 0 Å². The highest BCUT2D eigenvalue weighted by Crippen LogP contribution is 2.23. The molecule has 0 aliphatic heterocycles. The van der Waals surface area contributed by atoms with Crippen molar-refractivity contribution < 1.29 is 32.5 Å². The van der Waals surface area contributed by atoms with Crippen molar-refractivity contribution in [3.63, 3.8) is 0 Å². The van der Waals surface area contributed by atoms with E-state index in [1.54, 1.807) is 0 Å².